The number of thiocarbonyl (C=S) groups is 1. The van der Waals surface area contributed by atoms with Crippen LogP contribution in [0.15, 0.2) is 83.8 Å². The molecule has 1 aliphatic heterocycles. The van der Waals surface area contributed by atoms with Gasteiger partial charge in [0.15, 0.2) is 11.5 Å². The minimum absolute atomic E-state index is 0.158. The molecule has 0 aliphatic carbocycles. The Morgan fingerprint density at radius 2 is 1.72 bits per heavy atom. The van der Waals surface area contributed by atoms with Crippen LogP contribution in [0.25, 0.3) is 28.0 Å². The first kappa shape index (κ1) is 26.5. The maximum atomic E-state index is 13.3. The second-order valence-electron chi connectivity index (χ2n) is 8.95. The predicted molar refractivity (Wildman–Crippen MR) is 159 cm³/mol. The molecule has 5 rings (SSSR count). The molecule has 1 aliphatic rings. The molecule has 1 saturated heterocycles. The highest BCUT2D eigenvalue weighted by Crippen LogP contribution is 2.42. The first-order valence-corrected chi connectivity index (χ1v) is 13.4. The van der Waals surface area contributed by atoms with E-state index in [2.05, 4.69) is 24.3 Å². The summed E-state index contributed by atoms with van der Waals surface area (Å²) >= 11 is 6.79. The zero-order valence-corrected chi connectivity index (χ0v) is 23.0. The Morgan fingerprint density at radius 1 is 0.974 bits per heavy atom. The van der Waals surface area contributed by atoms with Gasteiger partial charge < -0.3 is 14.6 Å². The number of fused-ring (bicyclic) bond motifs is 1. The lowest BCUT2D eigenvalue weighted by Gasteiger charge is -2.15. The zero-order chi connectivity index (χ0) is 27.5. The average Bonchev–Trinajstić information content (AvgIpc) is 3.22. The van der Waals surface area contributed by atoms with Crippen molar-refractivity contribution in [3.05, 3.63) is 100 Å². The summed E-state index contributed by atoms with van der Waals surface area (Å²) in [5.41, 5.74) is 3.78. The smallest absolute Gasteiger partial charge is 0.335 e. The van der Waals surface area contributed by atoms with Crippen LogP contribution in [0.5, 0.6) is 11.5 Å². The Labute approximate surface area is 235 Å². The summed E-state index contributed by atoms with van der Waals surface area (Å²) in [4.78, 5) is 26.5. The minimum Gasteiger partial charge on any atom is -0.493 e. The Hall–Kier alpha value is -4.14. The molecule has 1 heterocycles. The van der Waals surface area contributed by atoms with Crippen LogP contribution in [0.2, 0.25) is 0 Å². The molecule has 0 radical (unpaired) electrons. The van der Waals surface area contributed by atoms with Gasteiger partial charge in [0.1, 0.15) is 4.32 Å². The number of aromatic carboxylic acids is 1. The number of nitrogens with zero attached hydrogens (tertiary/aromatic N) is 1. The van der Waals surface area contributed by atoms with E-state index in [0.717, 1.165) is 33.0 Å². The van der Waals surface area contributed by atoms with Gasteiger partial charge in [-0.25, -0.2) is 4.79 Å². The van der Waals surface area contributed by atoms with Gasteiger partial charge in [-0.3, -0.25) is 9.69 Å². The Kier molecular flexibility index (Phi) is 7.67. The number of amides is 1. The number of hydrogen-bond acceptors (Lipinski definition) is 6. The fourth-order valence-corrected chi connectivity index (χ4v) is 5.85. The van der Waals surface area contributed by atoms with Crippen molar-refractivity contribution >= 4 is 57.0 Å². The molecule has 1 amide bonds. The SMILES string of the molecule is COc1cc(/C=C2\SC(=S)N(CCc3ccc(C(=O)O)cc3)C2=O)cc(-c2ccc3ccccc3c2)c1OC. The monoisotopic (exact) mass is 555 g/mol. The van der Waals surface area contributed by atoms with E-state index < -0.39 is 5.97 Å². The molecular formula is C31H25NO5S2. The van der Waals surface area contributed by atoms with E-state index >= 15 is 0 Å². The van der Waals surface area contributed by atoms with Crippen molar-refractivity contribution < 1.29 is 24.2 Å². The van der Waals surface area contributed by atoms with Gasteiger partial charge in [0, 0.05) is 12.1 Å². The molecule has 196 valence electrons. The van der Waals surface area contributed by atoms with Gasteiger partial charge in [-0.1, -0.05) is 72.5 Å². The van der Waals surface area contributed by atoms with E-state index in [1.54, 1.807) is 43.4 Å². The molecule has 4 aromatic carbocycles. The highest BCUT2D eigenvalue weighted by atomic mass is 32.2. The molecule has 0 bridgehead atoms. The molecule has 4 aromatic rings. The number of carboxylic acids is 1. The maximum absolute atomic E-state index is 13.3. The number of thioether (sulfide) groups is 1. The lowest BCUT2D eigenvalue weighted by Crippen LogP contribution is -2.30. The normalized spacial score (nSPS) is 14.3. The quantitative estimate of drug-likeness (QED) is 0.192. The molecule has 0 atom stereocenters. The summed E-state index contributed by atoms with van der Waals surface area (Å²) in [5.74, 6) is 0.0536. The van der Waals surface area contributed by atoms with Crippen molar-refractivity contribution in [3.63, 3.8) is 0 Å². The van der Waals surface area contributed by atoms with E-state index in [4.69, 9.17) is 26.8 Å². The fraction of sp³-hybridized carbons (Fsp3) is 0.129. The molecule has 1 fully saturated rings. The van der Waals surface area contributed by atoms with E-state index in [9.17, 15) is 9.59 Å². The van der Waals surface area contributed by atoms with E-state index in [-0.39, 0.29) is 11.5 Å². The minimum atomic E-state index is -0.970. The van der Waals surface area contributed by atoms with Crippen LogP contribution < -0.4 is 9.47 Å². The molecule has 8 heteroatoms. The van der Waals surface area contributed by atoms with Crippen molar-refractivity contribution in [2.75, 3.05) is 20.8 Å². The number of carboxylic acid groups (broad SMARTS) is 1. The first-order valence-electron chi connectivity index (χ1n) is 12.2. The van der Waals surface area contributed by atoms with Crippen LogP contribution in [0.3, 0.4) is 0 Å². The van der Waals surface area contributed by atoms with Gasteiger partial charge in [0.2, 0.25) is 0 Å². The third-order valence-electron chi connectivity index (χ3n) is 6.56. The summed E-state index contributed by atoms with van der Waals surface area (Å²) in [6.07, 6.45) is 2.38. The van der Waals surface area contributed by atoms with Gasteiger partial charge in [-0.2, -0.15) is 0 Å². The molecule has 1 N–H and O–H groups in total. The maximum Gasteiger partial charge on any atom is 0.335 e. The number of benzene rings is 4. The predicted octanol–water partition coefficient (Wildman–Crippen LogP) is 6.67. The lowest BCUT2D eigenvalue weighted by molar-refractivity contribution is -0.122. The van der Waals surface area contributed by atoms with Gasteiger partial charge in [0.25, 0.3) is 5.91 Å². The van der Waals surface area contributed by atoms with Crippen molar-refractivity contribution in [2.45, 2.75) is 6.42 Å². The highest BCUT2D eigenvalue weighted by molar-refractivity contribution is 8.26. The lowest BCUT2D eigenvalue weighted by atomic mass is 9.98. The number of carbonyl (C=O) groups is 2. The van der Waals surface area contributed by atoms with Crippen LogP contribution >= 0.6 is 24.0 Å². The van der Waals surface area contributed by atoms with Crippen molar-refractivity contribution in [3.8, 4) is 22.6 Å². The topological polar surface area (TPSA) is 76.1 Å². The van der Waals surface area contributed by atoms with E-state index in [1.807, 2.05) is 36.4 Å². The largest absolute Gasteiger partial charge is 0.493 e. The molecule has 0 unspecified atom stereocenters. The van der Waals surface area contributed by atoms with Crippen LogP contribution in [-0.4, -0.2) is 47.0 Å². The van der Waals surface area contributed by atoms with Crippen molar-refractivity contribution in [1.82, 2.24) is 4.90 Å². The molecule has 0 spiro atoms. The summed E-state index contributed by atoms with van der Waals surface area (Å²) in [7, 11) is 3.21. The van der Waals surface area contributed by atoms with Crippen LogP contribution in [-0.2, 0) is 11.2 Å². The Morgan fingerprint density at radius 3 is 2.41 bits per heavy atom. The Bertz CT molecular complexity index is 1630. The molecule has 0 aromatic heterocycles. The molecule has 6 nitrogen and oxygen atoms in total. The second kappa shape index (κ2) is 11.3. The van der Waals surface area contributed by atoms with Crippen molar-refractivity contribution in [2.24, 2.45) is 0 Å². The third-order valence-corrected chi connectivity index (χ3v) is 7.94. The van der Waals surface area contributed by atoms with Crippen LogP contribution in [0, 0.1) is 0 Å². The number of ether oxygens (including phenoxy) is 2. The highest BCUT2D eigenvalue weighted by Gasteiger charge is 2.31. The van der Waals surface area contributed by atoms with E-state index in [1.165, 1.54) is 11.8 Å². The van der Waals surface area contributed by atoms with Gasteiger partial charge in [-0.15, -0.1) is 0 Å². The standard InChI is InChI=1S/C31H25NO5S2/c1-36-26-16-20(15-25(28(26)37-2)24-12-11-21-5-3-4-6-23(21)18-24)17-27-29(33)32(31(38)39-27)14-13-19-7-9-22(10-8-19)30(34)35/h3-12,15-18H,13-14H2,1-2H3,(H,34,35)/b27-17-. The summed E-state index contributed by atoms with van der Waals surface area (Å²) < 4.78 is 11.9. The molecule has 39 heavy (non-hydrogen) atoms. The third kappa shape index (κ3) is 5.53. The Balaban J connectivity index is 1.42. The summed E-state index contributed by atoms with van der Waals surface area (Å²) in [6, 6.07) is 24.9. The molecular weight excluding hydrogens is 530 g/mol. The summed E-state index contributed by atoms with van der Waals surface area (Å²) in [5, 5.41) is 11.3. The first-order chi connectivity index (χ1) is 18.9. The number of carbonyl (C=O) groups excluding carboxylic acids is 1. The second-order valence-corrected chi connectivity index (χ2v) is 10.6. The van der Waals surface area contributed by atoms with Gasteiger partial charge in [-0.05, 0) is 70.3 Å². The molecule has 0 saturated carbocycles. The van der Waals surface area contributed by atoms with Crippen LogP contribution in [0.4, 0.5) is 0 Å². The number of rotatable bonds is 8. The number of hydrogen-bond donors (Lipinski definition) is 1. The summed E-state index contributed by atoms with van der Waals surface area (Å²) in [6.45, 7) is 0.405. The van der Waals surface area contributed by atoms with Gasteiger partial charge in [0.05, 0.1) is 24.7 Å². The van der Waals surface area contributed by atoms with E-state index in [0.29, 0.717) is 33.7 Å². The number of methoxy groups -OCH3 is 2. The van der Waals surface area contributed by atoms with Crippen molar-refractivity contribution in [1.29, 1.82) is 0 Å². The zero-order valence-electron chi connectivity index (χ0n) is 21.3. The van der Waals surface area contributed by atoms with Crippen LogP contribution in [0.1, 0.15) is 21.5 Å². The van der Waals surface area contributed by atoms with Gasteiger partial charge >= 0.3 is 5.97 Å². The average molecular weight is 556 g/mol. The fourth-order valence-electron chi connectivity index (χ4n) is 4.54.